The summed E-state index contributed by atoms with van der Waals surface area (Å²) < 4.78 is 5.04. The van der Waals surface area contributed by atoms with Gasteiger partial charge in [0.15, 0.2) is 5.76 Å². The molecule has 0 unspecified atom stereocenters. The first-order chi connectivity index (χ1) is 7.68. The summed E-state index contributed by atoms with van der Waals surface area (Å²) in [6, 6.07) is 3.32. The molecule has 1 fully saturated rings. The summed E-state index contributed by atoms with van der Waals surface area (Å²) in [4.78, 5) is 26.1. The van der Waals surface area contributed by atoms with Crippen molar-refractivity contribution < 1.29 is 14.0 Å². The van der Waals surface area contributed by atoms with Gasteiger partial charge < -0.3 is 14.2 Å². The Labute approximate surface area is 98.4 Å². The van der Waals surface area contributed by atoms with Crippen LogP contribution in [0.2, 0.25) is 0 Å². The van der Waals surface area contributed by atoms with Crippen LogP contribution in [0.3, 0.4) is 0 Å². The Morgan fingerprint density at radius 1 is 1.19 bits per heavy atom. The van der Waals surface area contributed by atoms with Crippen LogP contribution in [-0.2, 0) is 0 Å². The number of hydrogen-bond acceptors (Lipinski definition) is 3. The number of thiol groups is 1. The largest absolute Gasteiger partial charge is 0.459 e. The number of hydrogen-bond donors (Lipinski definition) is 1. The number of nitrogens with zero attached hydrogens (tertiary/aromatic N) is 2. The zero-order chi connectivity index (χ0) is 11.5. The minimum atomic E-state index is -0.245. The normalized spacial score (nSPS) is 16.3. The van der Waals surface area contributed by atoms with E-state index in [0.717, 1.165) is 0 Å². The first-order valence-electron chi connectivity index (χ1n) is 4.99. The summed E-state index contributed by atoms with van der Waals surface area (Å²) in [5.41, 5.74) is 0. The van der Waals surface area contributed by atoms with Gasteiger partial charge in [0.05, 0.1) is 6.26 Å². The Morgan fingerprint density at radius 3 is 2.31 bits per heavy atom. The average molecular weight is 240 g/mol. The Balaban J connectivity index is 1.94. The summed E-state index contributed by atoms with van der Waals surface area (Å²) in [5.74, 6) is 0.210. The van der Waals surface area contributed by atoms with Gasteiger partial charge in [-0.25, -0.2) is 0 Å². The van der Waals surface area contributed by atoms with Crippen molar-refractivity contribution >= 4 is 23.8 Å². The van der Waals surface area contributed by atoms with E-state index < -0.39 is 0 Å². The number of carbonyl (C=O) groups excluding carboxylic acids is 2. The summed E-state index contributed by atoms with van der Waals surface area (Å²) >= 11 is 3.75. The highest BCUT2D eigenvalue weighted by atomic mass is 32.1. The van der Waals surface area contributed by atoms with Crippen LogP contribution in [-0.4, -0.2) is 47.1 Å². The van der Waals surface area contributed by atoms with Crippen LogP contribution >= 0.6 is 12.6 Å². The highest BCUT2D eigenvalue weighted by molar-refractivity contribution is 7.96. The van der Waals surface area contributed by atoms with E-state index in [1.165, 1.54) is 6.26 Å². The molecular formula is C10H12N2O3S. The highest BCUT2D eigenvalue weighted by Gasteiger charge is 2.24. The molecule has 0 radical (unpaired) electrons. The van der Waals surface area contributed by atoms with Crippen LogP contribution in [0.25, 0.3) is 0 Å². The molecule has 16 heavy (non-hydrogen) atoms. The van der Waals surface area contributed by atoms with Crippen molar-refractivity contribution in [2.45, 2.75) is 0 Å². The van der Waals surface area contributed by atoms with Crippen molar-refractivity contribution in [2.75, 3.05) is 26.2 Å². The Bertz CT molecular complexity index is 383. The maximum Gasteiger partial charge on any atom is 0.289 e. The molecule has 2 rings (SSSR count). The Hall–Kier alpha value is -1.43. The molecule has 1 aromatic rings. The van der Waals surface area contributed by atoms with Crippen LogP contribution < -0.4 is 0 Å². The minimum absolute atomic E-state index is 0.128. The first-order valence-corrected chi connectivity index (χ1v) is 5.44. The van der Waals surface area contributed by atoms with Gasteiger partial charge in [0.2, 0.25) is 0 Å². The molecule has 86 valence electrons. The topological polar surface area (TPSA) is 53.8 Å². The maximum absolute atomic E-state index is 11.8. The summed E-state index contributed by atoms with van der Waals surface area (Å²) in [6.45, 7) is 2.08. The summed E-state index contributed by atoms with van der Waals surface area (Å²) in [6.07, 6.45) is 1.47. The Morgan fingerprint density at radius 2 is 1.81 bits per heavy atom. The molecule has 6 heteroatoms. The first kappa shape index (κ1) is 11.1. The second kappa shape index (κ2) is 4.61. The summed E-state index contributed by atoms with van der Waals surface area (Å²) in [7, 11) is 0. The molecule has 0 atom stereocenters. The summed E-state index contributed by atoms with van der Waals surface area (Å²) in [5, 5.41) is -0.245. The lowest BCUT2D eigenvalue weighted by atomic mass is 10.3. The van der Waals surface area contributed by atoms with Crippen molar-refractivity contribution in [2.24, 2.45) is 0 Å². The van der Waals surface area contributed by atoms with Crippen molar-refractivity contribution in [1.29, 1.82) is 0 Å². The second-order valence-electron chi connectivity index (χ2n) is 3.54. The molecule has 5 nitrogen and oxygen atoms in total. The molecule has 1 aromatic heterocycles. The standard InChI is InChI=1S/C10H12N2O3S/c13-9(8-2-1-7-15-8)11-3-5-12(6-4-11)10(14)16/h1-2,7H,3-6H2,(H,14,16). The maximum atomic E-state index is 11.8. The van der Waals surface area contributed by atoms with E-state index in [1.807, 2.05) is 0 Å². The molecule has 0 aromatic carbocycles. The molecule has 2 heterocycles. The zero-order valence-electron chi connectivity index (χ0n) is 8.63. The molecule has 0 aliphatic carbocycles. The smallest absolute Gasteiger partial charge is 0.289 e. The molecule has 2 amide bonds. The van der Waals surface area contributed by atoms with Gasteiger partial charge in [-0.2, -0.15) is 0 Å². The van der Waals surface area contributed by atoms with Crippen LogP contribution in [0.5, 0.6) is 0 Å². The van der Waals surface area contributed by atoms with Gasteiger partial charge in [0, 0.05) is 26.2 Å². The number of piperazine rings is 1. The van der Waals surface area contributed by atoms with Crippen LogP contribution in [0.4, 0.5) is 4.79 Å². The fourth-order valence-corrected chi connectivity index (χ4v) is 1.86. The van der Waals surface area contributed by atoms with Crippen LogP contribution in [0, 0.1) is 0 Å². The molecular weight excluding hydrogens is 228 g/mol. The SMILES string of the molecule is O=C(S)N1CCN(C(=O)c2ccco2)CC1. The van der Waals surface area contributed by atoms with Gasteiger partial charge in [0.1, 0.15) is 0 Å². The fraction of sp³-hybridized carbons (Fsp3) is 0.400. The lowest BCUT2D eigenvalue weighted by molar-refractivity contribution is 0.0646. The number of amides is 2. The molecule has 1 saturated heterocycles. The monoisotopic (exact) mass is 240 g/mol. The molecule has 1 aliphatic heterocycles. The van der Waals surface area contributed by atoms with Crippen molar-refractivity contribution in [3.8, 4) is 0 Å². The van der Waals surface area contributed by atoms with Gasteiger partial charge in [-0.3, -0.25) is 9.59 Å². The molecule has 0 spiro atoms. The van der Waals surface area contributed by atoms with E-state index in [1.54, 1.807) is 21.9 Å². The third-order valence-electron chi connectivity index (χ3n) is 2.57. The van der Waals surface area contributed by atoms with E-state index >= 15 is 0 Å². The molecule has 1 aliphatic rings. The van der Waals surface area contributed by atoms with Crippen LogP contribution in [0.15, 0.2) is 22.8 Å². The minimum Gasteiger partial charge on any atom is -0.459 e. The Kier molecular flexibility index (Phi) is 3.19. The van der Waals surface area contributed by atoms with Crippen LogP contribution in [0.1, 0.15) is 10.6 Å². The van der Waals surface area contributed by atoms with Crippen molar-refractivity contribution in [3.05, 3.63) is 24.2 Å². The number of furan rings is 1. The van der Waals surface area contributed by atoms with E-state index in [2.05, 4.69) is 12.6 Å². The third-order valence-corrected chi connectivity index (χ3v) is 2.85. The quantitative estimate of drug-likeness (QED) is 0.747. The fourth-order valence-electron chi connectivity index (χ4n) is 1.66. The molecule has 0 bridgehead atoms. The average Bonchev–Trinajstić information content (AvgIpc) is 2.81. The van der Waals surface area contributed by atoms with E-state index in [0.29, 0.717) is 31.9 Å². The zero-order valence-corrected chi connectivity index (χ0v) is 9.52. The lowest BCUT2D eigenvalue weighted by Gasteiger charge is -2.33. The van der Waals surface area contributed by atoms with E-state index in [4.69, 9.17) is 4.42 Å². The molecule has 0 saturated carbocycles. The van der Waals surface area contributed by atoms with E-state index in [-0.39, 0.29) is 11.1 Å². The lowest BCUT2D eigenvalue weighted by Crippen LogP contribution is -2.49. The van der Waals surface area contributed by atoms with Gasteiger partial charge >= 0.3 is 0 Å². The van der Waals surface area contributed by atoms with E-state index in [9.17, 15) is 9.59 Å². The van der Waals surface area contributed by atoms with Gasteiger partial charge in [0.25, 0.3) is 11.1 Å². The van der Waals surface area contributed by atoms with Crippen molar-refractivity contribution in [1.82, 2.24) is 9.80 Å². The molecule has 0 N–H and O–H groups in total. The predicted octanol–water partition coefficient (Wildman–Crippen LogP) is 1.09. The number of carbonyl (C=O) groups is 2. The number of rotatable bonds is 1. The van der Waals surface area contributed by atoms with Crippen molar-refractivity contribution in [3.63, 3.8) is 0 Å². The second-order valence-corrected chi connectivity index (χ2v) is 3.92. The van der Waals surface area contributed by atoms with Gasteiger partial charge in [-0.1, -0.05) is 12.6 Å². The predicted molar refractivity (Wildman–Crippen MR) is 60.6 cm³/mol. The van der Waals surface area contributed by atoms with Gasteiger partial charge in [-0.15, -0.1) is 0 Å². The highest BCUT2D eigenvalue weighted by Crippen LogP contribution is 2.10. The third kappa shape index (κ3) is 2.21. The van der Waals surface area contributed by atoms with Gasteiger partial charge in [-0.05, 0) is 12.1 Å².